The van der Waals surface area contributed by atoms with Crippen molar-refractivity contribution in [1.82, 2.24) is 10.3 Å². The van der Waals surface area contributed by atoms with Gasteiger partial charge in [0.15, 0.2) is 6.29 Å². The van der Waals surface area contributed by atoms with Crippen LogP contribution in [0.2, 0.25) is 0 Å². The third-order valence-corrected chi connectivity index (χ3v) is 3.53. The van der Waals surface area contributed by atoms with E-state index in [1.54, 1.807) is 0 Å². The molecule has 5 N–H and O–H groups in total. The predicted octanol–water partition coefficient (Wildman–Crippen LogP) is -1.13. The fourth-order valence-corrected chi connectivity index (χ4v) is 2.76. The minimum absolute atomic E-state index is 0.330. The van der Waals surface area contributed by atoms with Gasteiger partial charge in [-0.3, -0.25) is 9.59 Å². The molecule has 1 aliphatic rings. The highest BCUT2D eigenvalue weighted by molar-refractivity contribution is 7.98. The van der Waals surface area contributed by atoms with Crippen molar-refractivity contribution in [3.05, 3.63) is 27.2 Å². The smallest absolute Gasteiger partial charge is 0.264 e. The number of carbonyl (C=O) groups excluding carboxylic acids is 1. The van der Waals surface area contributed by atoms with Gasteiger partial charge >= 0.3 is 0 Å². The Balaban J connectivity index is 2.34. The van der Waals surface area contributed by atoms with Crippen molar-refractivity contribution in [3.63, 3.8) is 0 Å². The average molecular weight is 272 g/mol. The minimum atomic E-state index is -1.71. The Morgan fingerprint density at radius 1 is 1.44 bits per heavy atom. The Kier molecular flexibility index (Phi) is 3.60. The Bertz CT molecular complexity index is 540. The number of amides is 1. The lowest BCUT2D eigenvalue weighted by Crippen LogP contribution is -2.35. The highest BCUT2D eigenvalue weighted by Crippen LogP contribution is 2.34. The number of aromatic nitrogens is 1. The topological polar surface area (TPSA) is 123 Å². The summed E-state index contributed by atoms with van der Waals surface area (Å²) in [5, 5.41) is 29.3. The zero-order valence-electron chi connectivity index (χ0n) is 9.27. The van der Waals surface area contributed by atoms with Crippen LogP contribution in [0.25, 0.3) is 0 Å². The number of pyridine rings is 1. The van der Waals surface area contributed by atoms with Crippen molar-refractivity contribution in [1.29, 1.82) is 0 Å². The molecule has 0 aromatic carbocycles. The third kappa shape index (κ3) is 2.35. The number of nitrogens with one attached hydrogen (secondary N) is 2. The number of hydrogen-bond donors (Lipinski definition) is 5. The van der Waals surface area contributed by atoms with E-state index >= 15 is 0 Å². The molecule has 0 spiro atoms. The normalized spacial score (nSPS) is 13.7. The van der Waals surface area contributed by atoms with E-state index in [0.717, 1.165) is 0 Å². The SMILES string of the molecule is O=C(NCC(O)O)c1c(O)c2c([nH]c1=O)CSC2. The van der Waals surface area contributed by atoms with Crippen LogP contribution in [0.15, 0.2) is 4.79 Å². The first-order chi connectivity index (χ1) is 8.50. The number of aliphatic hydroxyl groups is 2. The number of fused-ring (bicyclic) bond motifs is 1. The van der Waals surface area contributed by atoms with Gasteiger partial charge in [0.1, 0.15) is 11.3 Å². The van der Waals surface area contributed by atoms with Crippen LogP contribution >= 0.6 is 11.8 Å². The van der Waals surface area contributed by atoms with Crippen LogP contribution in [0.4, 0.5) is 0 Å². The first-order valence-corrected chi connectivity index (χ1v) is 6.35. The summed E-state index contributed by atoms with van der Waals surface area (Å²) in [5.41, 5.74) is 0.103. The molecule has 1 amide bonds. The monoisotopic (exact) mass is 272 g/mol. The van der Waals surface area contributed by atoms with E-state index < -0.39 is 29.9 Å². The van der Waals surface area contributed by atoms with E-state index in [0.29, 0.717) is 22.8 Å². The Labute approximate surface area is 106 Å². The summed E-state index contributed by atoms with van der Waals surface area (Å²) in [6, 6.07) is 0. The summed E-state index contributed by atoms with van der Waals surface area (Å²) in [4.78, 5) is 25.9. The maximum absolute atomic E-state index is 11.7. The van der Waals surface area contributed by atoms with Crippen LogP contribution in [0.1, 0.15) is 21.6 Å². The lowest BCUT2D eigenvalue weighted by molar-refractivity contribution is -0.0361. The summed E-state index contributed by atoms with van der Waals surface area (Å²) in [7, 11) is 0. The lowest BCUT2D eigenvalue weighted by atomic mass is 10.1. The first-order valence-electron chi connectivity index (χ1n) is 5.19. The number of H-pyrrole nitrogens is 1. The number of carbonyl (C=O) groups is 1. The second kappa shape index (κ2) is 5.01. The molecule has 0 atom stereocenters. The molecule has 8 heteroatoms. The molecule has 18 heavy (non-hydrogen) atoms. The third-order valence-electron chi connectivity index (χ3n) is 2.54. The minimum Gasteiger partial charge on any atom is -0.507 e. The van der Waals surface area contributed by atoms with Crippen LogP contribution in [0.5, 0.6) is 5.75 Å². The summed E-state index contributed by atoms with van der Waals surface area (Å²) in [6.07, 6.45) is -1.71. The molecule has 2 heterocycles. The van der Waals surface area contributed by atoms with Crippen molar-refractivity contribution in [2.75, 3.05) is 6.54 Å². The highest BCUT2D eigenvalue weighted by atomic mass is 32.2. The van der Waals surface area contributed by atoms with Crippen LogP contribution in [-0.2, 0) is 11.5 Å². The fraction of sp³-hybridized carbons (Fsp3) is 0.400. The van der Waals surface area contributed by atoms with Gasteiger partial charge in [0, 0.05) is 22.8 Å². The quantitative estimate of drug-likeness (QED) is 0.444. The van der Waals surface area contributed by atoms with Crippen molar-refractivity contribution >= 4 is 17.7 Å². The molecule has 0 saturated heterocycles. The van der Waals surface area contributed by atoms with E-state index in [2.05, 4.69) is 10.3 Å². The Morgan fingerprint density at radius 2 is 2.17 bits per heavy atom. The van der Waals surface area contributed by atoms with Crippen LogP contribution in [-0.4, -0.2) is 39.0 Å². The molecule has 0 unspecified atom stereocenters. The standard InChI is InChI=1S/C10H12N2O5S/c13-6(14)1-11-9(16)7-8(15)4-2-18-3-5(4)12-10(7)17/h6,13-14H,1-3H2,(H,11,16)(H2,12,15,17). The van der Waals surface area contributed by atoms with Gasteiger partial charge in [0.25, 0.3) is 11.5 Å². The molecule has 0 aliphatic carbocycles. The van der Waals surface area contributed by atoms with Crippen molar-refractivity contribution in [3.8, 4) is 5.75 Å². The van der Waals surface area contributed by atoms with Gasteiger partial charge in [-0.2, -0.15) is 11.8 Å². The second-order valence-corrected chi connectivity index (χ2v) is 4.80. The summed E-state index contributed by atoms with van der Waals surface area (Å²) < 4.78 is 0. The number of thioether (sulfide) groups is 1. The van der Waals surface area contributed by atoms with Gasteiger partial charge in [-0.1, -0.05) is 0 Å². The van der Waals surface area contributed by atoms with Gasteiger partial charge in [-0.15, -0.1) is 0 Å². The van der Waals surface area contributed by atoms with Gasteiger partial charge in [-0.05, 0) is 0 Å². The molecule has 1 aromatic rings. The lowest BCUT2D eigenvalue weighted by Gasteiger charge is -2.09. The fourth-order valence-electron chi connectivity index (χ4n) is 1.69. The zero-order valence-corrected chi connectivity index (χ0v) is 10.1. The predicted molar refractivity (Wildman–Crippen MR) is 64.3 cm³/mol. The van der Waals surface area contributed by atoms with Crippen LogP contribution < -0.4 is 10.9 Å². The largest absolute Gasteiger partial charge is 0.507 e. The molecule has 7 nitrogen and oxygen atoms in total. The average Bonchev–Trinajstić information content (AvgIpc) is 2.74. The first kappa shape index (κ1) is 12.9. The molecule has 0 radical (unpaired) electrons. The number of aliphatic hydroxyl groups excluding tert-OH is 1. The van der Waals surface area contributed by atoms with Crippen molar-refractivity contribution in [2.45, 2.75) is 17.8 Å². The summed E-state index contributed by atoms with van der Waals surface area (Å²) >= 11 is 1.52. The number of hydrogen-bond acceptors (Lipinski definition) is 6. The molecule has 98 valence electrons. The van der Waals surface area contributed by atoms with E-state index in [9.17, 15) is 14.7 Å². The molecule has 1 aliphatic heterocycles. The molecule has 1 aromatic heterocycles. The zero-order chi connectivity index (χ0) is 13.3. The molecular weight excluding hydrogens is 260 g/mol. The van der Waals surface area contributed by atoms with Crippen LogP contribution in [0.3, 0.4) is 0 Å². The molecular formula is C10H12N2O5S. The Morgan fingerprint density at radius 3 is 2.83 bits per heavy atom. The van der Waals surface area contributed by atoms with Gasteiger partial charge in [-0.25, -0.2) is 0 Å². The van der Waals surface area contributed by atoms with Crippen LogP contribution in [0, 0.1) is 0 Å². The van der Waals surface area contributed by atoms with E-state index in [4.69, 9.17) is 10.2 Å². The van der Waals surface area contributed by atoms with E-state index in [1.165, 1.54) is 11.8 Å². The van der Waals surface area contributed by atoms with Gasteiger partial charge in [0.2, 0.25) is 0 Å². The number of aromatic hydroxyl groups is 1. The second-order valence-electron chi connectivity index (χ2n) is 3.82. The van der Waals surface area contributed by atoms with Gasteiger partial charge in [0.05, 0.1) is 6.54 Å². The van der Waals surface area contributed by atoms with Crippen molar-refractivity contribution < 1.29 is 20.1 Å². The van der Waals surface area contributed by atoms with E-state index in [-0.39, 0.29) is 5.75 Å². The number of aromatic amines is 1. The van der Waals surface area contributed by atoms with Gasteiger partial charge < -0.3 is 25.6 Å². The van der Waals surface area contributed by atoms with Crippen molar-refractivity contribution in [2.24, 2.45) is 0 Å². The Hall–Kier alpha value is -1.51. The molecule has 0 fully saturated rings. The molecule has 0 saturated carbocycles. The summed E-state index contributed by atoms with van der Waals surface area (Å²) in [6.45, 7) is -0.413. The van der Waals surface area contributed by atoms with E-state index in [1.807, 2.05) is 0 Å². The maximum atomic E-state index is 11.7. The maximum Gasteiger partial charge on any atom is 0.264 e. The number of rotatable bonds is 3. The molecule has 2 rings (SSSR count). The highest BCUT2D eigenvalue weighted by Gasteiger charge is 2.25. The summed E-state index contributed by atoms with van der Waals surface area (Å²) in [5.74, 6) is -0.0406. The molecule has 0 bridgehead atoms.